The monoisotopic (exact) mass is 467 g/mol. The Hall–Kier alpha value is -4.07. The topological polar surface area (TPSA) is 88.8 Å². The van der Waals surface area contributed by atoms with E-state index in [1.54, 1.807) is 19.3 Å². The molecule has 8 nitrogen and oxygen atoms in total. The fourth-order valence-electron chi connectivity index (χ4n) is 4.56. The summed E-state index contributed by atoms with van der Waals surface area (Å²) in [5, 5.41) is 7.97. The Balaban J connectivity index is 1.49. The zero-order valence-corrected chi connectivity index (χ0v) is 20.2. The normalized spacial score (nSPS) is 17.9. The molecule has 4 aromatic rings. The molecule has 8 heteroatoms. The van der Waals surface area contributed by atoms with Crippen molar-refractivity contribution in [1.29, 1.82) is 0 Å². The third kappa shape index (κ3) is 5.06. The fraction of sp³-hybridized carbons (Fsp3) is 0.296. The first-order valence-corrected chi connectivity index (χ1v) is 11.9. The van der Waals surface area contributed by atoms with Crippen molar-refractivity contribution in [1.82, 2.24) is 29.6 Å². The van der Waals surface area contributed by atoms with Crippen LogP contribution in [0.25, 0.3) is 16.9 Å². The van der Waals surface area contributed by atoms with Gasteiger partial charge in [-0.3, -0.25) is 9.78 Å². The van der Waals surface area contributed by atoms with Crippen molar-refractivity contribution in [2.75, 3.05) is 11.9 Å². The van der Waals surface area contributed by atoms with Crippen molar-refractivity contribution >= 4 is 17.4 Å². The zero-order valence-electron chi connectivity index (χ0n) is 20.2. The van der Waals surface area contributed by atoms with Crippen LogP contribution >= 0.6 is 0 Å². The van der Waals surface area contributed by atoms with Crippen LogP contribution in [0, 0.1) is 6.92 Å². The molecule has 1 aliphatic rings. The largest absolute Gasteiger partial charge is 0.340 e. The van der Waals surface area contributed by atoms with E-state index >= 15 is 0 Å². The molecule has 1 N–H and O–H groups in total. The smallest absolute Gasteiger partial charge is 0.219 e. The van der Waals surface area contributed by atoms with E-state index in [0.29, 0.717) is 12.4 Å². The van der Waals surface area contributed by atoms with Gasteiger partial charge in [-0.2, -0.15) is 5.10 Å². The molecule has 1 saturated heterocycles. The molecular formula is C27H29N7O. The van der Waals surface area contributed by atoms with Crippen LogP contribution in [-0.2, 0) is 4.79 Å². The lowest BCUT2D eigenvalue weighted by atomic mass is 9.92. The van der Waals surface area contributed by atoms with Gasteiger partial charge in [-0.25, -0.2) is 14.6 Å². The first kappa shape index (κ1) is 22.7. The molecular weight excluding hydrogens is 438 g/mol. The van der Waals surface area contributed by atoms with Gasteiger partial charge in [0.25, 0.3) is 0 Å². The molecule has 5 rings (SSSR count). The van der Waals surface area contributed by atoms with Crippen LogP contribution in [0.5, 0.6) is 0 Å². The second kappa shape index (κ2) is 9.66. The number of likely N-dealkylation sites (tertiary alicyclic amines) is 1. The Kier molecular flexibility index (Phi) is 6.27. The Morgan fingerprint density at radius 1 is 1.09 bits per heavy atom. The summed E-state index contributed by atoms with van der Waals surface area (Å²) < 4.78 is 1.85. The summed E-state index contributed by atoms with van der Waals surface area (Å²) in [4.78, 5) is 28.2. The van der Waals surface area contributed by atoms with Gasteiger partial charge in [0.1, 0.15) is 11.6 Å². The highest BCUT2D eigenvalue weighted by atomic mass is 16.2. The number of hydrogen-bond donors (Lipinski definition) is 1. The maximum atomic E-state index is 12.2. The fourth-order valence-corrected chi connectivity index (χ4v) is 4.56. The van der Waals surface area contributed by atoms with E-state index in [0.717, 1.165) is 47.0 Å². The lowest BCUT2D eigenvalue weighted by Gasteiger charge is -2.37. The third-order valence-corrected chi connectivity index (χ3v) is 6.46. The Bertz CT molecular complexity index is 1330. The van der Waals surface area contributed by atoms with Gasteiger partial charge >= 0.3 is 0 Å². The highest BCUT2D eigenvalue weighted by Crippen LogP contribution is 2.31. The van der Waals surface area contributed by atoms with E-state index in [-0.39, 0.29) is 17.9 Å². The lowest BCUT2D eigenvalue weighted by Crippen LogP contribution is -2.44. The minimum Gasteiger partial charge on any atom is -0.340 e. The number of aromatic nitrogens is 5. The average Bonchev–Trinajstić information content (AvgIpc) is 3.31. The van der Waals surface area contributed by atoms with Gasteiger partial charge in [-0.05, 0) is 63.1 Å². The third-order valence-electron chi connectivity index (χ3n) is 6.46. The molecule has 1 fully saturated rings. The van der Waals surface area contributed by atoms with Gasteiger partial charge in [0.2, 0.25) is 5.91 Å². The van der Waals surface area contributed by atoms with E-state index in [4.69, 9.17) is 9.97 Å². The number of benzene rings is 1. The van der Waals surface area contributed by atoms with Crippen LogP contribution in [0.4, 0.5) is 11.5 Å². The summed E-state index contributed by atoms with van der Waals surface area (Å²) in [5.74, 6) is 1.61. The summed E-state index contributed by atoms with van der Waals surface area (Å²) in [7, 11) is 0. The number of hydrogen-bond acceptors (Lipinski definition) is 6. The predicted molar refractivity (Wildman–Crippen MR) is 136 cm³/mol. The molecule has 1 aliphatic heterocycles. The summed E-state index contributed by atoms with van der Waals surface area (Å²) in [5.41, 5.74) is 4.56. The van der Waals surface area contributed by atoms with Crippen molar-refractivity contribution in [3.63, 3.8) is 0 Å². The number of rotatable bonds is 5. The van der Waals surface area contributed by atoms with E-state index in [1.807, 2.05) is 71.2 Å². The van der Waals surface area contributed by atoms with Gasteiger partial charge in [-0.15, -0.1) is 0 Å². The molecule has 4 heterocycles. The second-order valence-electron chi connectivity index (χ2n) is 9.11. The van der Waals surface area contributed by atoms with Crippen molar-refractivity contribution in [2.45, 2.75) is 45.6 Å². The minimum absolute atomic E-state index is 0.0747. The first-order chi connectivity index (χ1) is 17.0. The van der Waals surface area contributed by atoms with Crippen LogP contribution in [-0.4, -0.2) is 48.1 Å². The van der Waals surface area contributed by atoms with Crippen molar-refractivity contribution in [3.8, 4) is 16.9 Å². The summed E-state index contributed by atoms with van der Waals surface area (Å²) in [6, 6.07) is 16.1. The lowest BCUT2D eigenvalue weighted by molar-refractivity contribution is -0.132. The van der Waals surface area contributed by atoms with Crippen molar-refractivity contribution < 1.29 is 4.79 Å². The quantitative estimate of drug-likeness (QED) is 0.450. The standard InChI is InChI=1S/C27H29N7O/c1-18-11-13-34(32-18)24-8-4-7-23(14-24)29-26-15-25(21-6-5-12-28-16-21)30-27(31-26)22-10-9-19(2)33(17-22)20(3)35/h4-8,11-16,19,22H,9-10,17H2,1-3H3,(H,29,30,31)/t19-,22+/m0/s1. The highest BCUT2D eigenvalue weighted by molar-refractivity contribution is 5.74. The number of anilines is 2. The number of aryl methyl sites for hydroxylation is 1. The summed E-state index contributed by atoms with van der Waals surface area (Å²) in [6.45, 7) is 6.33. The van der Waals surface area contributed by atoms with Crippen LogP contribution in [0.1, 0.15) is 44.1 Å². The summed E-state index contributed by atoms with van der Waals surface area (Å²) >= 11 is 0. The van der Waals surface area contributed by atoms with Crippen LogP contribution < -0.4 is 5.32 Å². The molecule has 0 spiro atoms. The molecule has 35 heavy (non-hydrogen) atoms. The highest BCUT2D eigenvalue weighted by Gasteiger charge is 2.30. The number of amides is 1. The zero-order chi connectivity index (χ0) is 24.4. The molecule has 0 bridgehead atoms. The molecule has 0 unspecified atom stereocenters. The van der Waals surface area contributed by atoms with Gasteiger partial charge in [-0.1, -0.05) is 6.07 Å². The van der Waals surface area contributed by atoms with E-state index in [1.165, 1.54) is 0 Å². The molecule has 1 amide bonds. The number of piperidine rings is 1. The molecule has 0 aliphatic carbocycles. The van der Waals surface area contributed by atoms with E-state index in [2.05, 4.69) is 22.3 Å². The number of pyridine rings is 1. The van der Waals surface area contributed by atoms with Gasteiger partial charge in [0.05, 0.1) is 17.1 Å². The number of carbonyl (C=O) groups excluding carboxylic acids is 1. The van der Waals surface area contributed by atoms with Crippen molar-refractivity contribution in [2.24, 2.45) is 0 Å². The summed E-state index contributed by atoms with van der Waals surface area (Å²) in [6.07, 6.45) is 7.37. The maximum Gasteiger partial charge on any atom is 0.219 e. The molecule has 0 saturated carbocycles. The molecule has 2 atom stereocenters. The SMILES string of the molecule is CC(=O)N1C[C@H](c2nc(Nc3cccc(-n4ccc(C)n4)c3)cc(-c3cccnc3)n2)CC[C@@H]1C. The van der Waals surface area contributed by atoms with Crippen molar-refractivity contribution in [3.05, 3.63) is 78.6 Å². The van der Waals surface area contributed by atoms with E-state index in [9.17, 15) is 4.79 Å². The maximum absolute atomic E-state index is 12.2. The van der Waals surface area contributed by atoms with Gasteiger partial charge in [0.15, 0.2) is 0 Å². The van der Waals surface area contributed by atoms with Gasteiger partial charge < -0.3 is 10.2 Å². The van der Waals surface area contributed by atoms with E-state index < -0.39 is 0 Å². The van der Waals surface area contributed by atoms with Crippen LogP contribution in [0.2, 0.25) is 0 Å². The first-order valence-electron chi connectivity index (χ1n) is 11.9. The Morgan fingerprint density at radius 3 is 2.71 bits per heavy atom. The predicted octanol–water partition coefficient (Wildman–Crippen LogP) is 4.89. The minimum atomic E-state index is 0.0747. The van der Waals surface area contributed by atoms with Crippen LogP contribution in [0.15, 0.2) is 67.1 Å². The number of nitrogens with zero attached hydrogens (tertiary/aromatic N) is 6. The van der Waals surface area contributed by atoms with Crippen LogP contribution in [0.3, 0.4) is 0 Å². The number of nitrogens with one attached hydrogen (secondary N) is 1. The Labute approximate surface area is 205 Å². The molecule has 1 aromatic carbocycles. The molecule has 178 valence electrons. The molecule has 0 radical (unpaired) electrons. The second-order valence-corrected chi connectivity index (χ2v) is 9.11. The van der Waals surface area contributed by atoms with Gasteiger partial charge in [0, 0.05) is 61.3 Å². The number of carbonyl (C=O) groups is 1. The molecule has 3 aromatic heterocycles. The Morgan fingerprint density at radius 2 is 1.97 bits per heavy atom. The average molecular weight is 468 g/mol.